The van der Waals surface area contributed by atoms with E-state index in [0.29, 0.717) is 11.5 Å². The molecule has 0 spiro atoms. The first-order chi connectivity index (χ1) is 14.7. The van der Waals surface area contributed by atoms with E-state index in [0.717, 1.165) is 39.7 Å². The van der Waals surface area contributed by atoms with E-state index in [2.05, 4.69) is 28.0 Å². The highest BCUT2D eigenvalue weighted by Gasteiger charge is 2.09. The van der Waals surface area contributed by atoms with E-state index < -0.39 is 0 Å². The highest BCUT2D eigenvalue weighted by atomic mass is 32.1. The Morgan fingerprint density at radius 1 is 1.00 bits per heavy atom. The van der Waals surface area contributed by atoms with Crippen molar-refractivity contribution >= 4 is 39.5 Å². The molecule has 0 aliphatic heterocycles. The summed E-state index contributed by atoms with van der Waals surface area (Å²) >= 11 is 1.61. The summed E-state index contributed by atoms with van der Waals surface area (Å²) in [7, 11) is 3.26. The second-order valence-electron chi connectivity index (χ2n) is 6.38. The zero-order valence-corrected chi connectivity index (χ0v) is 18.1. The van der Waals surface area contributed by atoms with Crippen LogP contribution in [-0.2, 0) is 0 Å². The Bertz CT molecular complexity index is 1020. The summed E-state index contributed by atoms with van der Waals surface area (Å²) in [6, 6.07) is 7.90. The Kier molecular flexibility index (Phi) is 7.40. The molecule has 0 aliphatic carbocycles. The minimum atomic E-state index is 0.682. The number of thiazole rings is 1. The summed E-state index contributed by atoms with van der Waals surface area (Å²) in [5.41, 5.74) is 1.92. The molecule has 1 aromatic carbocycles. The first kappa shape index (κ1) is 21.3. The minimum absolute atomic E-state index is 0.682. The van der Waals surface area contributed by atoms with Gasteiger partial charge in [-0.1, -0.05) is 30.4 Å². The largest absolute Gasteiger partial charge is 0.493 e. The van der Waals surface area contributed by atoms with Crippen molar-refractivity contribution in [3.8, 4) is 11.5 Å². The van der Waals surface area contributed by atoms with Crippen molar-refractivity contribution in [3.63, 3.8) is 0 Å². The molecular formula is C24H25N3O2S. The molecule has 0 bridgehead atoms. The van der Waals surface area contributed by atoms with Gasteiger partial charge in [-0.3, -0.25) is 0 Å². The second kappa shape index (κ2) is 10.4. The average Bonchev–Trinajstić information content (AvgIpc) is 3.17. The Labute approximate surface area is 181 Å². The zero-order chi connectivity index (χ0) is 21.3. The number of rotatable bonds is 10. The van der Waals surface area contributed by atoms with Crippen LogP contribution in [0.4, 0.5) is 5.82 Å². The Balaban J connectivity index is 1.68. The smallest absolute Gasteiger partial charge is 0.162 e. The van der Waals surface area contributed by atoms with Gasteiger partial charge in [0.1, 0.15) is 10.8 Å². The molecule has 3 rings (SSSR count). The number of fused-ring (bicyclic) bond motifs is 1. The molecule has 154 valence electrons. The van der Waals surface area contributed by atoms with Crippen LogP contribution in [0.25, 0.3) is 22.4 Å². The van der Waals surface area contributed by atoms with Gasteiger partial charge >= 0.3 is 0 Å². The lowest BCUT2D eigenvalue weighted by Crippen LogP contribution is -2.23. The summed E-state index contributed by atoms with van der Waals surface area (Å²) in [5.74, 6) is 2.30. The molecule has 6 heteroatoms. The maximum Gasteiger partial charge on any atom is 0.162 e. The van der Waals surface area contributed by atoms with E-state index in [1.165, 1.54) is 0 Å². The van der Waals surface area contributed by atoms with Crippen LogP contribution >= 0.6 is 11.3 Å². The van der Waals surface area contributed by atoms with Crippen LogP contribution in [-0.4, -0.2) is 37.3 Å². The van der Waals surface area contributed by atoms with Gasteiger partial charge in [0.05, 0.1) is 24.4 Å². The van der Waals surface area contributed by atoms with Crippen molar-refractivity contribution in [2.24, 2.45) is 0 Å². The van der Waals surface area contributed by atoms with Gasteiger partial charge in [0.2, 0.25) is 0 Å². The number of hydrogen-bond donors (Lipinski definition) is 0. The van der Waals surface area contributed by atoms with Crippen molar-refractivity contribution < 1.29 is 9.47 Å². The quantitative estimate of drug-likeness (QED) is 0.316. The number of methoxy groups -OCH3 is 2. The number of nitrogens with zero attached hydrogens (tertiary/aromatic N) is 3. The fraction of sp³-hybridized carbons (Fsp3) is 0.167. The number of aromatic nitrogens is 2. The Morgan fingerprint density at radius 2 is 1.70 bits per heavy atom. The van der Waals surface area contributed by atoms with Gasteiger partial charge < -0.3 is 14.4 Å². The fourth-order valence-corrected chi connectivity index (χ4v) is 3.80. The lowest BCUT2D eigenvalue weighted by Gasteiger charge is -2.20. The molecule has 0 N–H and O–H groups in total. The van der Waals surface area contributed by atoms with Crippen LogP contribution in [0.2, 0.25) is 0 Å². The van der Waals surface area contributed by atoms with Crippen molar-refractivity contribution in [1.82, 2.24) is 9.97 Å². The van der Waals surface area contributed by atoms with E-state index in [9.17, 15) is 0 Å². The molecule has 2 heterocycles. The fourth-order valence-electron chi connectivity index (χ4n) is 2.91. The number of ether oxygens (including phenoxy) is 2. The SMILES string of the molecule is C=CCN(CC=C)c1ccc(/C=C/C=C/c2nc3cc(OC)c(O[11CH3])cc3s2)cn1. The molecule has 0 radical (unpaired) electrons. The molecule has 0 aliphatic rings. The lowest BCUT2D eigenvalue weighted by molar-refractivity contribution is 0.356. The molecule has 5 nitrogen and oxygen atoms in total. The highest BCUT2D eigenvalue weighted by molar-refractivity contribution is 7.19. The molecule has 0 saturated heterocycles. The van der Waals surface area contributed by atoms with E-state index in [1.54, 1.807) is 25.6 Å². The molecular weight excluding hydrogens is 393 g/mol. The van der Waals surface area contributed by atoms with Crippen molar-refractivity contribution in [3.05, 3.63) is 78.5 Å². The van der Waals surface area contributed by atoms with Gasteiger partial charge in [-0.05, 0) is 23.8 Å². The molecule has 2 aromatic heterocycles. The van der Waals surface area contributed by atoms with Crippen LogP contribution in [0.1, 0.15) is 10.6 Å². The summed E-state index contributed by atoms with van der Waals surface area (Å²) < 4.78 is 11.8. The highest BCUT2D eigenvalue weighted by Crippen LogP contribution is 2.34. The van der Waals surface area contributed by atoms with Crippen molar-refractivity contribution in [2.45, 2.75) is 0 Å². The summed E-state index contributed by atoms with van der Waals surface area (Å²) in [5, 5.41) is 0.919. The van der Waals surface area contributed by atoms with E-state index in [4.69, 9.17) is 9.47 Å². The average molecular weight is 419 g/mol. The second-order valence-corrected chi connectivity index (χ2v) is 7.44. The topological polar surface area (TPSA) is 47.5 Å². The number of benzene rings is 1. The summed E-state index contributed by atoms with van der Waals surface area (Å²) in [4.78, 5) is 11.3. The number of anilines is 1. The molecule has 3 aromatic rings. The summed E-state index contributed by atoms with van der Waals surface area (Å²) in [6.07, 6.45) is 13.5. The van der Waals surface area contributed by atoms with Gasteiger partial charge in [0.15, 0.2) is 11.5 Å². The molecule has 0 atom stereocenters. The van der Waals surface area contributed by atoms with E-state index in [1.807, 2.05) is 66.9 Å². The molecule has 0 fully saturated rings. The van der Waals surface area contributed by atoms with Crippen molar-refractivity contribution in [2.75, 3.05) is 32.2 Å². The van der Waals surface area contributed by atoms with Crippen LogP contribution in [0, 0.1) is 0 Å². The summed E-state index contributed by atoms with van der Waals surface area (Å²) in [6.45, 7) is 9.05. The van der Waals surface area contributed by atoms with E-state index >= 15 is 0 Å². The first-order valence-electron chi connectivity index (χ1n) is 9.48. The zero-order valence-electron chi connectivity index (χ0n) is 17.2. The van der Waals surface area contributed by atoms with Crippen LogP contribution in [0.3, 0.4) is 0 Å². The number of hydrogen-bond acceptors (Lipinski definition) is 6. The minimum Gasteiger partial charge on any atom is -0.493 e. The third-order valence-corrected chi connectivity index (χ3v) is 5.33. The normalized spacial score (nSPS) is 11.3. The number of allylic oxidation sites excluding steroid dienone is 2. The monoisotopic (exact) mass is 418 g/mol. The first-order valence-corrected chi connectivity index (χ1v) is 10.3. The third-order valence-electron chi connectivity index (χ3n) is 4.34. The van der Waals surface area contributed by atoms with E-state index in [-0.39, 0.29) is 0 Å². The van der Waals surface area contributed by atoms with Gasteiger partial charge in [-0.15, -0.1) is 24.5 Å². The lowest BCUT2D eigenvalue weighted by atomic mass is 10.2. The van der Waals surface area contributed by atoms with Crippen molar-refractivity contribution in [1.29, 1.82) is 0 Å². The molecule has 0 unspecified atom stereocenters. The predicted octanol–water partition coefficient (Wildman–Crippen LogP) is 5.61. The van der Waals surface area contributed by atoms with Gasteiger partial charge in [-0.2, -0.15) is 0 Å². The maximum atomic E-state index is 5.36. The Hall–Kier alpha value is -3.38. The van der Waals surface area contributed by atoms with Crippen LogP contribution in [0.5, 0.6) is 11.5 Å². The number of pyridine rings is 1. The van der Waals surface area contributed by atoms with Gasteiger partial charge in [-0.25, -0.2) is 9.97 Å². The van der Waals surface area contributed by atoms with Crippen LogP contribution < -0.4 is 14.4 Å². The van der Waals surface area contributed by atoms with Gasteiger partial charge in [0.25, 0.3) is 0 Å². The third kappa shape index (κ3) is 5.15. The maximum absolute atomic E-state index is 5.36. The standard InChI is InChI=1S/C24H25N3O2S/c1-5-13-27(14-6-2)23-12-11-18(17-25-23)9-7-8-10-24-26-19-15-20(28-3)21(29-4)16-22(19)30-24/h5-12,15-17H,1-2,13-14H2,3-4H3/b9-7+,10-8+/i4-1. The molecule has 0 amide bonds. The molecule has 0 saturated carbocycles. The Morgan fingerprint density at radius 3 is 2.33 bits per heavy atom. The van der Waals surface area contributed by atoms with Gasteiger partial charge in [0, 0.05) is 31.4 Å². The van der Waals surface area contributed by atoms with Crippen LogP contribution in [0.15, 0.2) is 67.9 Å². The molecule has 30 heavy (non-hydrogen) atoms. The predicted molar refractivity (Wildman–Crippen MR) is 128 cm³/mol.